The first kappa shape index (κ1) is 24.2. The van der Waals surface area contributed by atoms with Crippen molar-refractivity contribution < 1.29 is 23.8 Å². The average Bonchev–Trinajstić information content (AvgIpc) is 3.17. The van der Waals surface area contributed by atoms with Crippen LogP contribution in [0.3, 0.4) is 0 Å². The van der Waals surface area contributed by atoms with Crippen LogP contribution >= 0.6 is 11.3 Å². The summed E-state index contributed by atoms with van der Waals surface area (Å²) in [5.41, 5.74) is 2.27. The smallest absolute Gasteiger partial charge is 0.338 e. The summed E-state index contributed by atoms with van der Waals surface area (Å²) in [5.74, 6) is -0.343. The van der Waals surface area contributed by atoms with Gasteiger partial charge in [-0.1, -0.05) is 35.6 Å². The van der Waals surface area contributed by atoms with Crippen LogP contribution < -0.4 is 19.6 Å². The predicted octanol–water partition coefficient (Wildman–Crippen LogP) is 2.59. The lowest BCUT2D eigenvalue weighted by Gasteiger charge is -2.24. The molecule has 0 N–H and O–H groups in total. The summed E-state index contributed by atoms with van der Waals surface area (Å²) < 4.78 is 17.3. The van der Waals surface area contributed by atoms with Gasteiger partial charge in [0.05, 0.1) is 48.2 Å². The van der Waals surface area contributed by atoms with Gasteiger partial charge in [0.25, 0.3) is 5.56 Å². The van der Waals surface area contributed by atoms with Gasteiger partial charge in [-0.15, -0.1) is 0 Å². The van der Waals surface area contributed by atoms with Crippen molar-refractivity contribution in [1.29, 1.82) is 0 Å². The second-order valence-corrected chi connectivity index (χ2v) is 8.70. The van der Waals surface area contributed by atoms with E-state index in [0.29, 0.717) is 31.9 Å². The minimum absolute atomic E-state index is 0.184. The van der Waals surface area contributed by atoms with E-state index in [4.69, 9.17) is 14.2 Å². The van der Waals surface area contributed by atoms with Gasteiger partial charge in [-0.3, -0.25) is 9.36 Å². The molecule has 1 aliphatic rings. The van der Waals surface area contributed by atoms with E-state index in [9.17, 15) is 14.4 Å². The fraction of sp³-hybridized carbons (Fsp3) is 0.231. The minimum Gasteiger partial charge on any atom is -0.497 e. The molecule has 0 amide bonds. The van der Waals surface area contributed by atoms with Gasteiger partial charge in [0.15, 0.2) is 4.80 Å². The molecule has 9 heteroatoms. The molecule has 180 valence electrons. The number of carbonyl (C=O) groups excluding carboxylic acids is 2. The van der Waals surface area contributed by atoms with Crippen LogP contribution in [0.2, 0.25) is 0 Å². The van der Waals surface area contributed by atoms with E-state index >= 15 is 0 Å². The molecule has 1 atom stereocenters. The Morgan fingerprint density at radius 1 is 1.11 bits per heavy atom. The van der Waals surface area contributed by atoms with Crippen molar-refractivity contribution in [2.75, 3.05) is 20.8 Å². The van der Waals surface area contributed by atoms with Crippen LogP contribution in [0.5, 0.6) is 5.75 Å². The van der Waals surface area contributed by atoms with Crippen LogP contribution in [-0.4, -0.2) is 37.3 Å². The van der Waals surface area contributed by atoms with Gasteiger partial charge in [0.1, 0.15) is 5.75 Å². The molecule has 1 aromatic heterocycles. The first-order valence-corrected chi connectivity index (χ1v) is 11.7. The van der Waals surface area contributed by atoms with Gasteiger partial charge >= 0.3 is 11.9 Å². The molecule has 8 nitrogen and oxygen atoms in total. The topological polar surface area (TPSA) is 96.2 Å². The number of aromatic nitrogens is 1. The molecular formula is C26H24N2O6S. The van der Waals surface area contributed by atoms with Crippen molar-refractivity contribution in [3.63, 3.8) is 0 Å². The van der Waals surface area contributed by atoms with Gasteiger partial charge in [-0.05, 0) is 55.3 Å². The summed E-state index contributed by atoms with van der Waals surface area (Å²) in [6, 6.07) is 13.2. The highest BCUT2D eigenvalue weighted by Crippen LogP contribution is 2.31. The van der Waals surface area contributed by atoms with Crippen molar-refractivity contribution in [2.24, 2.45) is 4.99 Å². The number of benzene rings is 2. The first-order chi connectivity index (χ1) is 16.9. The Kier molecular flexibility index (Phi) is 6.97. The number of nitrogens with zero attached hydrogens (tertiary/aromatic N) is 2. The molecule has 0 bridgehead atoms. The van der Waals surface area contributed by atoms with Gasteiger partial charge < -0.3 is 14.2 Å². The highest BCUT2D eigenvalue weighted by atomic mass is 32.1. The van der Waals surface area contributed by atoms with Crippen LogP contribution in [0.25, 0.3) is 6.08 Å². The quantitative estimate of drug-likeness (QED) is 0.491. The lowest BCUT2D eigenvalue weighted by molar-refractivity contribution is -0.139. The summed E-state index contributed by atoms with van der Waals surface area (Å²) in [7, 11) is 2.89. The van der Waals surface area contributed by atoms with E-state index < -0.39 is 18.0 Å². The number of carbonyl (C=O) groups is 2. The highest BCUT2D eigenvalue weighted by molar-refractivity contribution is 7.07. The van der Waals surface area contributed by atoms with Crippen LogP contribution in [0.4, 0.5) is 0 Å². The Bertz CT molecular complexity index is 1500. The molecule has 1 unspecified atom stereocenters. The Morgan fingerprint density at radius 2 is 1.86 bits per heavy atom. The van der Waals surface area contributed by atoms with Crippen LogP contribution in [-0.2, 0) is 14.3 Å². The van der Waals surface area contributed by atoms with Gasteiger partial charge in [0.2, 0.25) is 0 Å². The standard InChI is InChI=1S/C26H24N2O6S/c1-5-34-25(31)21-15(2)27-26-28(22(21)17-9-11-18(12-10-17)24(30)33-4)23(29)20(35-26)14-16-7-6-8-19(13-16)32-3/h6-14,22H,5H2,1-4H3. The lowest BCUT2D eigenvalue weighted by atomic mass is 9.95. The van der Waals surface area contributed by atoms with Crippen LogP contribution in [0.1, 0.15) is 41.4 Å². The summed E-state index contributed by atoms with van der Waals surface area (Å²) >= 11 is 1.24. The zero-order valence-corrected chi connectivity index (χ0v) is 20.5. The first-order valence-electron chi connectivity index (χ1n) is 10.9. The molecule has 0 spiro atoms. The summed E-state index contributed by atoms with van der Waals surface area (Å²) in [6.45, 7) is 3.63. The molecule has 0 fully saturated rings. The lowest BCUT2D eigenvalue weighted by Crippen LogP contribution is -2.40. The molecule has 2 aromatic carbocycles. The summed E-state index contributed by atoms with van der Waals surface area (Å²) in [5, 5.41) is 0. The minimum atomic E-state index is -0.760. The molecule has 35 heavy (non-hydrogen) atoms. The molecular weight excluding hydrogens is 468 g/mol. The number of rotatable bonds is 6. The van der Waals surface area contributed by atoms with E-state index in [1.165, 1.54) is 23.0 Å². The number of fused-ring (bicyclic) bond motifs is 1. The second-order valence-electron chi connectivity index (χ2n) is 7.69. The molecule has 1 aliphatic heterocycles. The van der Waals surface area contributed by atoms with E-state index in [-0.39, 0.29) is 17.7 Å². The van der Waals surface area contributed by atoms with Crippen molar-refractivity contribution in [3.8, 4) is 5.75 Å². The summed E-state index contributed by atoms with van der Waals surface area (Å²) in [4.78, 5) is 43.5. The Hall–Kier alpha value is -3.98. The van der Waals surface area contributed by atoms with E-state index in [2.05, 4.69) is 4.99 Å². The number of allylic oxidation sites excluding steroid dienone is 1. The average molecular weight is 493 g/mol. The fourth-order valence-corrected chi connectivity index (χ4v) is 4.96. The van der Waals surface area contributed by atoms with E-state index in [0.717, 1.165) is 5.56 Å². The Balaban J connectivity index is 1.91. The number of hydrogen-bond acceptors (Lipinski definition) is 8. The maximum atomic E-state index is 13.6. The third-order valence-corrected chi connectivity index (χ3v) is 6.54. The van der Waals surface area contributed by atoms with Crippen molar-refractivity contribution in [1.82, 2.24) is 4.57 Å². The molecule has 0 saturated carbocycles. The normalized spacial score (nSPS) is 15.3. The molecule has 0 saturated heterocycles. The number of esters is 2. The van der Waals surface area contributed by atoms with Gasteiger partial charge in [-0.2, -0.15) is 0 Å². The largest absolute Gasteiger partial charge is 0.497 e. The van der Waals surface area contributed by atoms with Crippen molar-refractivity contribution in [2.45, 2.75) is 19.9 Å². The second kappa shape index (κ2) is 10.1. The van der Waals surface area contributed by atoms with Crippen molar-refractivity contribution >= 4 is 29.4 Å². The zero-order chi connectivity index (χ0) is 25.1. The predicted molar refractivity (Wildman–Crippen MR) is 131 cm³/mol. The van der Waals surface area contributed by atoms with Gasteiger partial charge in [0, 0.05) is 0 Å². The third-order valence-electron chi connectivity index (χ3n) is 5.56. The number of methoxy groups -OCH3 is 2. The van der Waals surface area contributed by atoms with Crippen LogP contribution in [0.15, 0.2) is 69.6 Å². The number of thiazole rings is 1. The molecule has 4 rings (SSSR count). The molecule has 2 heterocycles. The Labute approximate surface area is 205 Å². The Morgan fingerprint density at radius 3 is 2.51 bits per heavy atom. The number of ether oxygens (including phenoxy) is 3. The fourth-order valence-electron chi connectivity index (χ4n) is 3.91. The van der Waals surface area contributed by atoms with Crippen molar-refractivity contribution in [3.05, 3.63) is 96.2 Å². The maximum Gasteiger partial charge on any atom is 0.338 e. The maximum absolute atomic E-state index is 13.6. The number of hydrogen-bond donors (Lipinski definition) is 0. The highest BCUT2D eigenvalue weighted by Gasteiger charge is 2.33. The van der Waals surface area contributed by atoms with E-state index in [1.54, 1.807) is 51.3 Å². The SMILES string of the molecule is CCOC(=O)C1=C(C)N=c2sc(=Cc3cccc(OC)c3)c(=O)n2C1c1ccc(C(=O)OC)cc1. The van der Waals surface area contributed by atoms with E-state index in [1.807, 2.05) is 24.3 Å². The summed E-state index contributed by atoms with van der Waals surface area (Å²) in [6.07, 6.45) is 1.77. The molecule has 0 radical (unpaired) electrons. The van der Waals surface area contributed by atoms with Gasteiger partial charge in [-0.25, -0.2) is 14.6 Å². The zero-order valence-electron chi connectivity index (χ0n) is 19.7. The third kappa shape index (κ3) is 4.67. The van der Waals surface area contributed by atoms with Crippen LogP contribution in [0, 0.1) is 0 Å². The monoisotopic (exact) mass is 492 g/mol. The molecule has 0 aliphatic carbocycles. The molecule has 3 aromatic rings.